The Morgan fingerprint density at radius 1 is 1.08 bits per heavy atom. The van der Waals surface area contributed by atoms with E-state index in [1.54, 1.807) is 11.0 Å². The lowest BCUT2D eigenvalue weighted by Gasteiger charge is -2.34. The third-order valence-electron chi connectivity index (χ3n) is 6.50. The number of piperazine rings is 1. The second-order valence-electron chi connectivity index (χ2n) is 9.86. The highest BCUT2D eigenvalue weighted by Gasteiger charge is 2.25. The van der Waals surface area contributed by atoms with Crippen LogP contribution in [0.5, 0.6) is 0 Å². The molecule has 0 spiro atoms. The summed E-state index contributed by atoms with van der Waals surface area (Å²) >= 11 is 0. The highest BCUT2D eigenvalue weighted by molar-refractivity contribution is 5.96. The van der Waals surface area contributed by atoms with Gasteiger partial charge in [0.25, 0.3) is 11.8 Å². The van der Waals surface area contributed by atoms with E-state index >= 15 is 0 Å². The van der Waals surface area contributed by atoms with Crippen LogP contribution in [-0.2, 0) is 6.54 Å². The molecule has 194 valence electrons. The maximum atomic E-state index is 14.5. The Kier molecular flexibility index (Phi) is 8.25. The number of hydrogen-bond acceptors (Lipinski definition) is 5. The molecule has 2 fully saturated rings. The molecule has 10 heteroatoms. The smallest absolute Gasteiger partial charge is 0.319 e. The van der Waals surface area contributed by atoms with Gasteiger partial charge in [0.15, 0.2) is 5.76 Å². The van der Waals surface area contributed by atoms with E-state index in [9.17, 15) is 18.8 Å². The molecule has 9 nitrogen and oxygen atoms in total. The van der Waals surface area contributed by atoms with Gasteiger partial charge in [0.05, 0.1) is 12.2 Å². The van der Waals surface area contributed by atoms with Crippen LogP contribution < -0.4 is 16.0 Å². The lowest BCUT2D eigenvalue weighted by molar-refractivity contribution is 0.0617. The Balaban J connectivity index is 1.25. The van der Waals surface area contributed by atoms with E-state index in [1.807, 2.05) is 19.9 Å². The van der Waals surface area contributed by atoms with Crippen molar-refractivity contribution in [1.29, 1.82) is 0 Å². The summed E-state index contributed by atoms with van der Waals surface area (Å²) in [7, 11) is 0. The lowest BCUT2D eigenvalue weighted by Crippen LogP contribution is -2.48. The predicted octanol–water partition coefficient (Wildman–Crippen LogP) is 3.44. The largest absolute Gasteiger partial charge is 0.455 e. The summed E-state index contributed by atoms with van der Waals surface area (Å²) in [5.41, 5.74) is 0.263. The number of halogens is 1. The van der Waals surface area contributed by atoms with Crippen molar-refractivity contribution in [2.24, 2.45) is 5.92 Å². The minimum Gasteiger partial charge on any atom is -0.455 e. The zero-order valence-electron chi connectivity index (χ0n) is 20.8. The Bertz CT molecular complexity index is 1090. The Hall–Kier alpha value is -3.40. The first-order chi connectivity index (χ1) is 17.3. The quantitative estimate of drug-likeness (QED) is 0.516. The minimum absolute atomic E-state index is 0.0248. The maximum absolute atomic E-state index is 14.5. The number of amides is 4. The standard InChI is InChI=1S/C26H34FN5O4/c1-17(2)15-28-26(35)30-22-8-6-18(14-21(22)27)25(34)32-12-10-31(11-13-32)16-20-7-9-23(36-20)24(33)29-19-4-3-5-19/h6-9,14,17,19H,3-5,10-13,15-16H2,1-2H3,(H,29,33)(H2,28,30,35). The van der Waals surface area contributed by atoms with Crippen LogP contribution in [0.2, 0.25) is 0 Å². The molecule has 4 amide bonds. The molecule has 1 saturated heterocycles. The number of carbonyl (C=O) groups is 3. The SMILES string of the molecule is CC(C)CNC(=O)Nc1ccc(C(=O)N2CCN(Cc3ccc(C(=O)NC4CCC4)o3)CC2)cc1F. The fourth-order valence-electron chi connectivity index (χ4n) is 4.12. The molecular weight excluding hydrogens is 465 g/mol. The van der Waals surface area contributed by atoms with Gasteiger partial charge in [-0.25, -0.2) is 9.18 Å². The third kappa shape index (κ3) is 6.63. The fourth-order valence-corrected chi connectivity index (χ4v) is 4.12. The van der Waals surface area contributed by atoms with Crippen LogP contribution in [-0.4, -0.2) is 66.4 Å². The van der Waals surface area contributed by atoms with Gasteiger partial charge in [-0.05, 0) is 55.5 Å². The summed E-state index contributed by atoms with van der Waals surface area (Å²) in [6.07, 6.45) is 3.19. The first kappa shape index (κ1) is 25.7. The average molecular weight is 500 g/mol. The number of furan rings is 1. The summed E-state index contributed by atoms with van der Waals surface area (Å²) in [6.45, 7) is 7.21. The van der Waals surface area contributed by atoms with E-state index in [0.29, 0.717) is 50.8 Å². The molecule has 0 unspecified atom stereocenters. The topological polar surface area (TPSA) is 107 Å². The molecule has 1 saturated carbocycles. The fraction of sp³-hybridized carbons (Fsp3) is 0.500. The number of benzene rings is 1. The summed E-state index contributed by atoms with van der Waals surface area (Å²) in [5, 5.41) is 8.11. The summed E-state index contributed by atoms with van der Waals surface area (Å²) < 4.78 is 20.3. The number of nitrogens with zero attached hydrogens (tertiary/aromatic N) is 2. The number of anilines is 1. The van der Waals surface area contributed by atoms with Crippen molar-refractivity contribution in [3.63, 3.8) is 0 Å². The Morgan fingerprint density at radius 2 is 1.83 bits per heavy atom. The third-order valence-corrected chi connectivity index (χ3v) is 6.50. The van der Waals surface area contributed by atoms with Gasteiger partial charge in [-0.15, -0.1) is 0 Å². The van der Waals surface area contributed by atoms with Crippen LogP contribution in [0.3, 0.4) is 0 Å². The van der Waals surface area contributed by atoms with E-state index in [2.05, 4.69) is 20.9 Å². The van der Waals surface area contributed by atoms with Crippen molar-refractivity contribution in [2.75, 3.05) is 38.0 Å². The zero-order chi connectivity index (χ0) is 25.7. The van der Waals surface area contributed by atoms with Crippen LogP contribution in [0.1, 0.15) is 59.8 Å². The highest BCUT2D eigenvalue weighted by Crippen LogP contribution is 2.20. The highest BCUT2D eigenvalue weighted by atomic mass is 19.1. The summed E-state index contributed by atoms with van der Waals surface area (Å²) in [4.78, 5) is 40.9. The number of hydrogen-bond donors (Lipinski definition) is 3. The van der Waals surface area contributed by atoms with Crippen LogP contribution in [0.15, 0.2) is 34.7 Å². The predicted molar refractivity (Wildman–Crippen MR) is 133 cm³/mol. The van der Waals surface area contributed by atoms with E-state index in [1.165, 1.54) is 12.1 Å². The molecule has 3 N–H and O–H groups in total. The van der Waals surface area contributed by atoms with Crippen LogP contribution in [0.4, 0.5) is 14.9 Å². The molecule has 1 aromatic carbocycles. The van der Waals surface area contributed by atoms with Crippen molar-refractivity contribution in [3.05, 3.63) is 53.2 Å². The van der Waals surface area contributed by atoms with Gasteiger partial charge in [-0.2, -0.15) is 0 Å². The number of urea groups is 1. The van der Waals surface area contributed by atoms with Gasteiger partial charge < -0.3 is 25.3 Å². The molecule has 1 aliphatic carbocycles. The van der Waals surface area contributed by atoms with E-state index in [4.69, 9.17) is 4.42 Å². The van der Waals surface area contributed by atoms with Gasteiger partial charge in [-0.3, -0.25) is 14.5 Å². The van der Waals surface area contributed by atoms with Crippen molar-refractivity contribution in [2.45, 2.75) is 45.7 Å². The monoisotopic (exact) mass is 499 g/mol. The van der Waals surface area contributed by atoms with Gasteiger partial charge in [0, 0.05) is 44.3 Å². The first-order valence-electron chi connectivity index (χ1n) is 12.5. The van der Waals surface area contributed by atoms with Crippen molar-refractivity contribution in [3.8, 4) is 0 Å². The second kappa shape index (κ2) is 11.6. The normalized spacial score (nSPS) is 16.5. The Morgan fingerprint density at radius 3 is 2.47 bits per heavy atom. The van der Waals surface area contributed by atoms with Gasteiger partial charge >= 0.3 is 6.03 Å². The molecule has 2 aliphatic rings. The van der Waals surface area contributed by atoms with Crippen molar-refractivity contribution >= 4 is 23.5 Å². The number of carbonyl (C=O) groups excluding carboxylic acids is 3. The molecule has 0 bridgehead atoms. The molecular formula is C26H34FN5O4. The first-order valence-corrected chi connectivity index (χ1v) is 12.5. The van der Waals surface area contributed by atoms with Crippen molar-refractivity contribution < 1.29 is 23.2 Å². The molecule has 1 aliphatic heterocycles. The van der Waals surface area contributed by atoms with Gasteiger partial charge in [0.1, 0.15) is 11.6 Å². The average Bonchev–Trinajstić information content (AvgIpc) is 3.30. The molecule has 4 rings (SSSR count). The molecule has 2 aromatic rings. The summed E-state index contributed by atoms with van der Waals surface area (Å²) in [6, 6.07) is 7.37. The van der Waals surface area contributed by atoms with E-state index in [-0.39, 0.29) is 35.0 Å². The number of rotatable bonds is 8. The van der Waals surface area contributed by atoms with Crippen LogP contribution >= 0.6 is 0 Å². The Labute approximate surface area is 210 Å². The maximum Gasteiger partial charge on any atom is 0.319 e. The van der Waals surface area contributed by atoms with Crippen LogP contribution in [0, 0.1) is 11.7 Å². The number of nitrogens with one attached hydrogen (secondary N) is 3. The van der Waals surface area contributed by atoms with Crippen LogP contribution in [0.25, 0.3) is 0 Å². The molecule has 1 aromatic heterocycles. The minimum atomic E-state index is -0.658. The van der Waals surface area contributed by atoms with E-state index < -0.39 is 11.8 Å². The molecule has 0 radical (unpaired) electrons. The molecule has 36 heavy (non-hydrogen) atoms. The zero-order valence-corrected chi connectivity index (χ0v) is 20.8. The molecule has 0 atom stereocenters. The van der Waals surface area contributed by atoms with Crippen molar-refractivity contribution in [1.82, 2.24) is 20.4 Å². The van der Waals surface area contributed by atoms with Gasteiger partial charge in [0.2, 0.25) is 0 Å². The second-order valence-corrected chi connectivity index (χ2v) is 9.86. The lowest BCUT2D eigenvalue weighted by atomic mass is 9.93. The van der Waals surface area contributed by atoms with Gasteiger partial charge in [-0.1, -0.05) is 13.8 Å². The van der Waals surface area contributed by atoms with E-state index in [0.717, 1.165) is 25.3 Å². The summed E-state index contributed by atoms with van der Waals surface area (Å²) in [5.74, 6) is 0.220. The molecule has 2 heterocycles.